The Hall–Kier alpha value is -2.16. The summed E-state index contributed by atoms with van der Waals surface area (Å²) in [5, 5.41) is 0. The molecule has 0 saturated carbocycles. The summed E-state index contributed by atoms with van der Waals surface area (Å²) < 4.78 is 2.04. The summed E-state index contributed by atoms with van der Waals surface area (Å²) in [6, 6.07) is 12.3. The lowest BCUT2D eigenvalue weighted by Gasteiger charge is -2.08. The summed E-state index contributed by atoms with van der Waals surface area (Å²) in [6.07, 6.45) is 4.79. The van der Waals surface area contributed by atoms with E-state index in [-0.39, 0.29) is 1.43 Å². The molecule has 3 nitrogen and oxygen atoms in total. The molecule has 0 fully saturated rings. The van der Waals surface area contributed by atoms with E-state index >= 15 is 0 Å². The van der Waals surface area contributed by atoms with Crippen molar-refractivity contribution in [1.29, 1.82) is 0 Å². The monoisotopic (exact) mass is 253 g/mol. The first-order chi connectivity index (χ1) is 9.24. The number of imidazole rings is 1. The Labute approximate surface area is 114 Å². The van der Waals surface area contributed by atoms with Crippen LogP contribution in [-0.2, 0) is 6.42 Å². The van der Waals surface area contributed by atoms with E-state index in [4.69, 9.17) is 0 Å². The van der Waals surface area contributed by atoms with Crippen molar-refractivity contribution in [2.45, 2.75) is 20.3 Å². The van der Waals surface area contributed by atoms with Crippen LogP contribution < -0.4 is 0 Å². The van der Waals surface area contributed by atoms with E-state index < -0.39 is 0 Å². The molecule has 3 aromatic rings. The molecule has 0 aliphatic heterocycles. The second-order valence-electron chi connectivity index (χ2n) is 5.22. The first-order valence-corrected chi connectivity index (χ1v) is 6.61. The fourth-order valence-corrected chi connectivity index (χ4v) is 2.33. The Bertz CT molecular complexity index is 704. The predicted molar refractivity (Wildman–Crippen MR) is 78.5 cm³/mol. The topological polar surface area (TPSA) is 30.7 Å². The summed E-state index contributed by atoms with van der Waals surface area (Å²) in [7, 11) is 0. The molecule has 0 aliphatic rings. The number of benzene rings is 1. The van der Waals surface area contributed by atoms with Gasteiger partial charge in [-0.2, -0.15) is 0 Å². The molecule has 3 rings (SSSR count). The highest BCUT2D eigenvalue weighted by molar-refractivity contribution is 5.76. The Morgan fingerprint density at radius 3 is 2.84 bits per heavy atom. The molecule has 2 aromatic heterocycles. The van der Waals surface area contributed by atoms with E-state index in [9.17, 15) is 0 Å². The molecule has 19 heavy (non-hydrogen) atoms. The van der Waals surface area contributed by atoms with Crippen LogP contribution in [0.15, 0.2) is 48.9 Å². The van der Waals surface area contributed by atoms with Crippen LogP contribution in [0.4, 0.5) is 0 Å². The van der Waals surface area contributed by atoms with Crippen molar-refractivity contribution in [1.82, 2.24) is 14.5 Å². The van der Waals surface area contributed by atoms with Crippen molar-refractivity contribution in [3.8, 4) is 5.82 Å². The average Bonchev–Trinajstić information content (AvgIpc) is 2.82. The van der Waals surface area contributed by atoms with Gasteiger partial charge in [-0.25, -0.2) is 9.97 Å². The van der Waals surface area contributed by atoms with Crippen LogP contribution in [0.2, 0.25) is 0 Å². The molecule has 2 heterocycles. The van der Waals surface area contributed by atoms with Crippen LogP contribution in [0.5, 0.6) is 0 Å². The maximum absolute atomic E-state index is 4.46. The predicted octanol–water partition coefficient (Wildman–Crippen LogP) is 3.73. The molecule has 0 radical (unpaired) electrons. The lowest BCUT2D eigenvalue weighted by Crippen LogP contribution is -1.99. The molecule has 0 aliphatic carbocycles. The summed E-state index contributed by atoms with van der Waals surface area (Å²) in [6.45, 7) is 4.46. The number of rotatable bonds is 3. The standard InChI is InChI=1S/C16H17N3.H/c1-12(2)9-13-7-8-17-16(10-13)19-11-18-14-5-3-4-6-15(14)19;/h3-8,10-12H,9H2,1-2H3;/q;-1/i;1+1. The number of fused-ring (bicyclic) bond motifs is 1. The van der Waals surface area contributed by atoms with Gasteiger partial charge in [0.2, 0.25) is 0 Å². The lowest BCUT2D eigenvalue weighted by molar-refractivity contribution is 0.646. The number of hydrogen-bond donors (Lipinski definition) is 0. The number of pyridine rings is 1. The fourth-order valence-electron chi connectivity index (χ4n) is 2.33. The van der Waals surface area contributed by atoms with Crippen LogP contribution in [0.1, 0.15) is 20.8 Å². The van der Waals surface area contributed by atoms with Gasteiger partial charge in [0.25, 0.3) is 0 Å². The minimum absolute atomic E-state index is 0. The summed E-state index contributed by atoms with van der Waals surface area (Å²) >= 11 is 0. The van der Waals surface area contributed by atoms with Crippen LogP contribution in [-0.4, -0.2) is 14.5 Å². The van der Waals surface area contributed by atoms with Gasteiger partial charge < -0.3 is 1.43 Å². The molecule has 0 amide bonds. The van der Waals surface area contributed by atoms with Gasteiger partial charge >= 0.3 is 0 Å². The largest absolute Gasteiger partial charge is 1.00 e. The summed E-state index contributed by atoms with van der Waals surface area (Å²) in [5.74, 6) is 1.58. The SMILES string of the molecule is CC(C)Cc1ccnc(-n2cnc3ccccc32)c1.[2H-]. The number of para-hydroxylation sites is 2. The molecule has 1 aromatic carbocycles. The Morgan fingerprint density at radius 1 is 1.16 bits per heavy atom. The van der Waals surface area contributed by atoms with Gasteiger partial charge in [0.05, 0.1) is 11.0 Å². The van der Waals surface area contributed by atoms with Crippen LogP contribution in [0.25, 0.3) is 16.9 Å². The number of aromatic nitrogens is 3. The number of hydrogen-bond acceptors (Lipinski definition) is 2. The second-order valence-corrected chi connectivity index (χ2v) is 5.22. The van der Waals surface area contributed by atoms with E-state index in [1.54, 1.807) is 0 Å². The van der Waals surface area contributed by atoms with Gasteiger partial charge in [0, 0.05) is 6.20 Å². The maximum atomic E-state index is 4.46. The third-order valence-corrected chi connectivity index (χ3v) is 3.15. The van der Waals surface area contributed by atoms with Crippen molar-refractivity contribution in [3.05, 3.63) is 54.5 Å². The highest BCUT2D eigenvalue weighted by Crippen LogP contribution is 2.18. The average molecular weight is 253 g/mol. The quantitative estimate of drug-likeness (QED) is 0.712. The smallest absolute Gasteiger partial charge is 0.138 e. The van der Waals surface area contributed by atoms with E-state index in [0.29, 0.717) is 5.92 Å². The van der Waals surface area contributed by atoms with E-state index in [0.717, 1.165) is 23.3 Å². The van der Waals surface area contributed by atoms with Crippen LogP contribution in [0.3, 0.4) is 0 Å². The lowest BCUT2D eigenvalue weighted by atomic mass is 10.0. The fraction of sp³-hybridized carbons (Fsp3) is 0.250. The van der Waals surface area contributed by atoms with Crippen molar-refractivity contribution in [3.63, 3.8) is 0 Å². The molecule has 0 spiro atoms. The zero-order valence-electron chi connectivity index (χ0n) is 12.2. The maximum Gasteiger partial charge on any atom is 0.138 e. The zero-order chi connectivity index (χ0) is 13.2. The van der Waals surface area contributed by atoms with E-state index in [1.165, 1.54) is 5.56 Å². The minimum Gasteiger partial charge on any atom is -1.00 e. The van der Waals surface area contributed by atoms with Gasteiger partial charge in [0.1, 0.15) is 12.1 Å². The molecular formula is C16H18N3-. The van der Waals surface area contributed by atoms with Gasteiger partial charge in [-0.3, -0.25) is 4.57 Å². The highest BCUT2D eigenvalue weighted by atomic mass is 15.1. The molecule has 98 valence electrons. The van der Waals surface area contributed by atoms with Crippen LogP contribution in [0, 0.1) is 5.92 Å². The normalized spacial score (nSPS) is 11.3. The van der Waals surface area contributed by atoms with Gasteiger partial charge in [-0.15, -0.1) is 0 Å². The molecule has 0 saturated heterocycles. The third-order valence-electron chi connectivity index (χ3n) is 3.15. The molecule has 0 unspecified atom stereocenters. The first kappa shape index (κ1) is 11.9. The Balaban J connectivity index is 0.00000147. The van der Waals surface area contributed by atoms with Crippen molar-refractivity contribution >= 4 is 11.0 Å². The van der Waals surface area contributed by atoms with Crippen molar-refractivity contribution in [2.24, 2.45) is 5.92 Å². The minimum atomic E-state index is 0. The van der Waals surface area contributed by atoms with Crippen LogP contribution >= 0.6 is 0 Å². The molecule has 0 atom stereocenters. The van der Waals surface area contributed by atoms with Crippen molar-refractivity contribution in [2.75, 3.05) is 0 Å². The van der Waals surface area contributed by atoms with E-state index in [2.05, 4.69) is 42.0 Å². The van der Waals surface area contributed by atoms with Gasteiger partial charge in [-0.1, -0.05) is 26.0 Å². The van der Waals surface area contributed by atoms with Gasteiger partial charge in [-0.05, 0) is 42.2 Å². The van der Waals surface area contributed by atoms with Crippen molar-refractivity contribution < 1.29 is 1.43 Å². The second kappa shape index (κ2) is 4.84. The number of nitrogens with zero attached hydrogens (tertiary/aromatic N) is 3. The third kappa shape index (κ3) is 2.36. The summed E-state index contributed by atoms with van der Waals surface area (Å²) in [4.78, 5) is 8.87. The van der Waals surface area contributed by atoms with Gasteiger partial charge in [0.15, 0.2) is 0 Å². The zero-order valence-corrected chi connectivity index (χ0v) is 11.2. The molecular weight excluding hydrogens is 234 g/mol. The van der Waals surface area contributed by atoms with E-state index in [1.807, 2.05) is 35.3 Å². The first-order valence-electron chi connectivity index (χ1n) is 6.61. The Kier molecular flexibility index (Phi) is 3.03. The highest BCUT2D eigenvalue weighted by Gasteiger charge is 2.06. The molecule has 0 bridgehead atoms. The molecule has 3 heteroatoms. The summed E-state index contributed by atoms with van der Waals surface area (Å²) in [5.41, 5.74) is 3.41. The molecule has 0 N–H and O–H groups in total. The Morgan fingerprint density at radius 2 is 2.00 bits per heavy atom.